The van der Waals surface area contributed by atoms with Gasteiger partial charge in [0.1, 0.15) is 0 Å². The van der Waals surface area contributed by atoms with Crippen molar-refractivity contribution >= 4 is 5.57 Å². The molecule has 0 N–H and O–H groups in total. The number of nitrogens with zero attached hydrogens (tertiary/aromatic N) is 1. The monoisotopic (exact) mass is 191 g/mol. The molecule has 2 heteroatoms. The molecule has 0 aliphatic rings. The molecule has 14 heavy (non-hydrogen) atoms. The van der Waals surface area contributed by atoms with Gasteiger partial charge in [-0.15, -0.1) is 0 Å². The summed E-state index contributed by atoms with van der Waals surface area (Å²) in [6.45, 7) is 13.2. The number of allylic oxidation sites excluding steroid dienone is 4. The summed E-state index contributed by atoms with van der Waals surface area (Å²) in [4.78, 5) is 0. The summed E-state index contributed by atoms with van der Waals surface area (Å²) in [6.07, 6.45) is 5.32. The fraction of sp³-hybridized carbons (Fsp3) is 0.250. The first-order valence-corrected chi connectivity index (χ1v) is 4.65. The first-order valence-electron chi connectivity index (χ1n) is 4.65. The summed E-state index contributed by atoms with van der Waals surface area (Å²) in [7, 11) is 0. The molecule has 0 spiro atoms. The third kappa shape index (κ3) is 3.90. The summed E-state index contributed by atoms with van der Waals surface area (Å²) in [6, 6.07) is 1.84. The number of aryl methyl sites for hydroxylation is 1. The van der Waals surface area contributed by atoms with Crippen LogP contribution in [0.2, 0.25) is 0 Å². The molecule has 0 aliphatic heterocycles. The Hall–Kier alpha value is -1.57. The summed E-state index contributed by atoms with van der Waals surface area (Å²) < 4.78 is 4.99. The Morgan fingerprint density at radius 3 is 2.57 bits per heavy atom. The van der Waals surface area contributed by atoms with E-state index in [2.05, 4.69) is 18.3 Å². The van der Waals surface area contributed by atoms with Crippen molar-refractivity contribution in [1.82, 2.24) is 5.16 Å². The fourth-order valence-electron chi connectivity index (χ4n) is 0.781. The molecule has 0 fully saturated rings. The van der Waals surface area contributed by atoms with Gasteiger partial charge in [0.2, 0.25) is 0 Å². The van der Waals surface area contributed by atoms with Gasteiger partial charge in [-0.25, -0.2) is 0 Å². The normalized spacial score (nSPS) is 9.36. The molecule has 0 amide bonds. The molecule has 0 aromatic carbocycles. The second-order valence-electron chi connectivity index (χ2n) is 2.45. The summed E-state index contributed by atoms with van der Waals surface area (Å²) in [5.41, 5.74) is 1.66. The average Bonchev–Trinajstić information content (AvgIpc) is 2.64. The first kappa shape index (κ1) is 12.4. The molecular formula is C12H17NO. The lowest BCUT2D eigenvalue weighted by Gasteiger charge is -1.88. The molecule has 1 heterocycles. The molecule has 2 nitrogen and oxygen atoms in total. The summed E-state index contributed by atoms with van der Waals surface area (Å²) in [5.74, 6) is 0.700. The number of rotatable bonds is 3. The largest absolute Gasteiger partial charge is 0.356 e. The molecule has 0 aliphatic carbocycles. The summed E-state index contributed by atoms with van der Waals surface area (Å²) in [5, 5.41) is 3.75. The van der Waals surface area contributed by atoms with E-state index < -0.39 is 0 Å². The summed E-state index contributed by atoms with van der Waals surface area (Å²) >= 11 is 0. The first-order chi connectivity index (χ1) is 6.74. The van der Waals surface area contributed by atoms with Crippen molar-refractivity contribution in [3.63, 3.8) is 0 Å². The highest BCUT2D eigenvalue weighted by atomic mass is 16.5. The van der Waals surface area contributed by atoms with Crippen LogP contribution in [-0.2, 0) is 0 Å². The van der Waals surface area contributed by atoms with Gasteiger partial charge in [-0.1, -0.05) is 50.4 Å². The zero-order valence-electron chi connectivity index (χ0n) is 9.08. The predicted molar refractivity (Wildman–Crippen MR) is 61.0 cm³/mol. The van der Waals surface area contributed by atoms with Gasteiger partial charge in [0.05, 0.1) is 5.69 Å². The van der Waals surface area contributed by atoms with Gasteiger partial charge >= 0.3 is 0 Å². The zero-order chi connectivity index (χ0) is 11.0. The van der Waals surface area contributed by atoms with E-state index in [-0.39, 0.29) is 0 Å². The minimum Gasteiger partial charge on any atom is -0.356 e. The van der Waals surface area contributed by atoms with Crippen molar-refractivity contribution in [3.05, 3.63) is 48.9 Å². The maximum absolute atomic E-state index is 4.99. The second-order valence-corrected chi connectivity index (χ2v) is 2.45. The van der Waals surface area contributed by atoms with E-state index >= 15 is 0 Å². The van der Waals surface area contributed by atoms with Crippen LogP contribution in [0.25, 0.3) is 5.57 Å². The molecule has 0 saturated carbocycles. The second kappa shape index (κ2) is 6.89. The van der Waals surface area contributed by atoms with E-state index in [0.29, 0.717) is 5.76 Å². The molecule has 76 valence electrons. The Morgan fingerprint density at radius 1 is 1.50 bits per heavy atom. The van der Waals surface area contributed by atoms with Crippen LogP contribution in [0, 0.1) is 6.92 Å². The quantitative estimate of drug-likeness (QED) is 0.680. The van der Waals surface area contributed by atoms with Crippen molar-refractivity contribution in [3.8, 4) is 0 Å². The highest BCUT2D eigenvalue weighted by Gasteiger charge is 2.00. The van der Waals surface area contributed by atoms with E-state index in [0.717, 1.165) is 11.3 Å². The Bertz CT molecular complexity index is 321. The molecule has 0 saturated heterocycles. The van der Waals surface area contributed by atoms with Gasteiger partial charge in [0, 0.05) is 11.6 Å². The lowest BCUT2D eigenvalue weighted by Crippen LogP contribution is -1.71. The molecule has 0 atom stereocenters. The minimum atomic E-state index is 0.700. The SMILES string of the molecule is C=C/C=C\C(=C)c1cc(C)no1.CC. The van der Waals surface area contributed by atoms with Crippen molar-refractivity contribution < 1.29 is 4.52 Å². The molecule has 1 rings (SSSR count). The van der Waals surface area contributed by atoms with Gasteiger partial charge in [0.15, 0.2) is 5.76 Å². The topological polar surface area (TPSA) is 26.0 Å². The van der Waals surface area contributed by atoms with Crippen LogP contribution in [0.15, 0.2) is 42.0 Å². The lowest BCUT2D eigenvalue weighted by atomic mass is 10.2. The van der Waals surface area contributed by atoms with Crippen LogP contribution < -0.4 is 0 Å². The third-order valence-electron chi connectivity index (χ3n) is 1.38. The van der Waals surface area contributed by atoms with Crippen molar-refractivity contribution in [2.45, 2.75) is 20.8 Å². The zero-order valence-corrected chi connectivity index (χ0v) is 9.08. The van der Waals surface area contributed by atoms with Crippen LogP contribution in [0.4, 0.5) is 0 Å². The number of hydrogen-bond acceptors (Lipinski definition) is 2. The van der Waals surface area contributed by atoms with E-state index in [4.69, 9.17) is 4.52 Å². The molecule has 1 aromatic heterocycles. The Balaban J connectivity index is 0.000000791. The van der Waals surface area contributed by atoms with Gasteiger partial charge < -0.3 is 4.52 Å². The molecule has 0 unspecified atom stereocenters. The van der Waals surface area contributed by atoms with Gasteiger partial charge in [-0.2, -0.15) is 0 Å². The van der Waals surface area contributed by atoms with Crippen molar-refractivity contribution in [1.29, 1.82) is 0 Å². The Labute approximate surface area is 85.6 Å². The van der Waals surface area contributed by atoms with Crippen LogP contribution in [-0.4, -0.2) is 5.16 Å². The standard InChI is InChI=1S/C10H11NO.C2H6/c1-4-5-6-8(2)10-7-9(3)11-12-10;1-2/h4-7H,1-2H2,3H3;1-2H3/b6-5-;. The van der Waals surface area contributed by atoms with Crippen molar-refractivity contribution in [2.75, 3.05) is 0 Å². The van der Waals surface area contributed by atoms with Gasteiger partial charge in [-0.3, -0.25) is 0 Å². The maximum atomic E-state index is 4.99. The maximum Gasteiger partial charge on any atom is 0.166 e. The molecular weight excluding hydrogens is 174 g/mol. The van der Waals surface area contributed by atoms with E-state index in [1.54, 1.807) is 12.2 Å². The predicted octanol–water partition coefficient (Wildman–Crippen LogP) is 3.76. The Morgan fingerprint density at radius 2 is 2.14 bits per heavy atom. The fourth-order valence-corrected chi connectivity index (χ4v) is 0.781. The number of hydrogen-bond donors (Lipinski definition) is 0. The highest BCUT2D eigenvalue weighted by Crippen LogP contribution is 2.14. The third-order valence-corrected chi connectivity index (χ3v) is 1.38. The molecule has 0 bridgehead atoms. The van der Waals surface area contributed by atoms with Gasteiger partial charge in [-0.05, 0) is 6.92 Å². The number of aromatic nitrogens is 1. The molecule has 0 radical (unpaired) electrons. The van der Waals surface area contributed by atoms with Crippen molar-refractivity contribution in [2.24, 2.45) is 0 Å². The highest BCUT2D eigenvalue weighted by molar-refractivity contribution is 5.68. The van der Waals surface area contributed by atoms with Crippen LogP contribution in [0.3, 0.4) is 0 Å². The van der Waals surface area contributed by atoms with E-state index in [9.17, 15) is 0 Å². The van der Waals surface area contributed by atoms with E-state index in [1.165, 1.54) is 0 Å². The van der Waals surface area contributed by atoms with Crippen LogP contribution in [0.1, 0.15) is 25.3 Å². The smallest absolute Gasteiger partial charge is 0.166 e. The van der Waals surface area contributed by atoms with Crippen LogP contribution in [0.5, 0.6) is 0 Å². The molecule has 1 aromatic rings. The van der Waals surface area contributed by atoms with Crippen LogP contribution >= 0.6 is 0 Å². The minimum absolute atomic E-state index is 0.700. The van der Waals surface area contributed by atoms with Gasteiger partial charge in [0.25, 0.3) is 0 Å². The average molecular weight is 191 g/mol. The lowest BCUT2D eigenvalue weighted by molar-refractivity contribution is 0.406. The van der Waals surface area contributed by atoms with E-state index in [1.807, 2.05) is 32.9 Å². The Kier molecular flexibility index (Phi) is 6.12.